The third kappa shape index (κ3) is 5.52. The fourth-order valence-corrected chi connectivity index (χ4v) is 5.03. The van der Waals surface area contributed by atoms with Crippen molar-refractivity contribution < 1.29 is 0 Å². The molecule has 0 saturated carbocycles. The summed E-state index contributed by atoms with van der Waals surface area (Å²) in [5, 5.41) is 3.65. The summed E-state index contributed by atoms with van der Waals surface area (Å²) in [7, 11) is 0. The molecule has 0 amide bonds. The molecular weight excluding hydrogens is 527 g/mol. The zero-order valence-electron chi connectivity index (χ0n) is 21.5. The van der Waals surface area contributed by atoms with E-state index in [0.29, 0.717) is 10.0 Å². The molecule has 6 rings (SSSR count). The molecule has 0 N–H and O–H groups in total. The molecule has 0 heterocycles. The standard InChI is InChI=1S/C38H22Cl2/c39-34-23-13-27(14-24-34)11-17-31-19-21-33-22-20-32(18-12-28-15-25-35(40)26-16-28)37(30-9-5-2-6-10-30)38(33)36(31)29-7-3-1-4-8-29/h1-10,13-16,19-26H. The molecule has 0 unspecified atom stereocenters. The van der Waals surface area contributed by atoms with Gasteiger partial charge in [0.05, 0.1) is 0 Å². The third-order valence-electron chi connectivity index (χ3n) is 6.68. The van der Waals surface area contributed by atoms with Crippen LogP contribution < -0.4 is 0 Å². The molecule has 6 aromatic carbocycles. The highest BCUT2D eigenvalue weighted by molar-refractivity contribution is 6.30. The van der Waals surface area contributed by atoms with Gasteiger partial charge in [0, 0.05) is 43.4 Å². The van der Waals surface area contributed by atoms with Gasteiger partial charge in [-0.2, -0.15) is 0 Å². The number of halogens is 2. The summed E-state index contributed by atoms with van der Waals surface area (Å²) in [6.45, 7) is 0. The summed E-state index contributed by atoms with van der Waals surface area (Å²) in [4.78, 5) is 0. The number of fused-ring (bicyclic) bond motifs is 1. The molecule has 2 heteroatoms. The highest BCUT2D eigenvalue weighted by Crippen LogP contribution is 2.40. The van der Waals surface area contributed by atoms with Crippen molar-refractivity contribution in [1.82, 2.24) is 0 Å². The second-order valence-electron chi connectivity index (χ2n) is 9.32. The van der Waals surface area contributed by atoms with Gasteiger partial charge in [-0.15, -0.1) is 0 Å². The summed E-state index contributed by atoms with van der Waals surface area (Å²) in [5.41, 5.74) is 8.12. The van der Waals surface area contributed by atoms with Gasteiger partial charge in [0.15, 0.2) is 0 Å². The van der Waals surface area contributed by atoms with Crippen LogP contribution in [0.3, 0.4) is 0 Å². The molecule has 0 fully saturated rings. The van der Waals surface area contributed by atoms with E-state index in [9.17, 15) is 0 Å². The number of benzene rings is 6. The maximum Gasteiger partial charge on any atom is 0.0406 e. The van der Waals surface area contributed by atoms with Gasteiger partial charge < -0.3 is 0 Å². The Morgan fingerprint density at radius 1 is 0.375 bits per heavy atom. The minimum absolute atomic E-state index is 0.695. The van der Waals surface area contributed by atoms with Gasteiger partial charge in [0.25, 0.3) is 0 Å². The molecule has 6 aromatic rings. The van der Waals surface area contributed by atoms with Gasteiger partial charge in [0.2, 0.25) is 0 Å². The van der Waals surface area contributed by atoms with E-state index in [1.165, 1.54) is 0 Å². The lowest BCUT2D eigenvalue weighted by Gasteiger charge is -2.16. The summed E-state index contributed by atoms with van der Waals surface area (Å²) in [6, 6.07) is 44.7. The second-order valence-corrected chi connectivity index (χ2v) is 10.2. The second kappa shape index (κ2) is 11.6. The Kier molecular flexibility index (Phi) is 7.39. The van der Waals surface area contributed by atoms with E-state index in [2.05, 4.69) is 96.5 Å². The van der Waals surface area contributed by atoms with Crippen LogP contribution in [0.4, 0.5) is 0 Å². The molecule has 188 valence electrons. The Bertz CT molecular complexity index is 1790. The first kappa shape index (κ1) is 25.6. The van der Waals surface area contributed by atoms with Crippen LogP contribution in [0.1, 0.15) is 22.3 Å². The molecule has 0 radical (unpaired) electrons. The van der Waals surface area contributed by atoms with Crippen molar-refractivity contribution in [3.8, 4) is 45.9 Å². The highest BCUT2D eigenvalue weighted by atomic mass is 35.5. The van der Waals surface area contributed by atoms with Crippen LogP contribution in [0.15, 0.2) is 133 Å². The molecule has 0 nitrogen and oxygen atoms in total. The zero-order valence-corrected chi connectivity index (χ0v) is 23.0. The maximum absolute atomic E-state index is 6.10. The van der Waals surface area contributed by atoms with Crippen molar-refractivity contribution in [2.45, 2.75) is 0 Å². The highest BCUT2D eigenvalue weighted by Gasteiger charge is 2.16. The van der Waals surface area contributed by atoms with Crippen LogP contribution in [-0.2, 0) is 0 Å². The van der Waals surface area contributed by atoms with Crippen molar-refractivity contribution >= 4 is 34.0 Å². The fraction of sp³-hybridized carbons (Fsp3) is 0. The van der Waals surface area contributed by atoms with Gasteiger partial charge in [-0.3, -0.25) is 0 Å². The predicted molar refractivity (Wildman–Crippen MR) is 170 cm³/mol. The molecule has 0 aliphatic carbocycles. The monoisotopic (exact) mass is 548 g/mol. The van der Waals surface area contributed by atoms with E-state index in [4.69, 9.17) is 23.2 Å². The smallest absolute Gasteiger partial charge is 0.0406 e. The van der Waals surface area contributed by atoms with Crippen molar-refractivity contribution in [1.29, 1.82) is 0 Å². The summed E-state index contributed by atoms with van der Waals surface area (Å²) in [6.07, 6.45) is 0. The van der Waals surface area contributed by atoms with Gasteiger partial charge >= 0.3 is 0 Å². The van der Waals surface area contributed by atoms with Crippen molar-refractivity contribution in [3.05, 3.63) is 166 Å². The third-order valence-corrected chi connectivity index (χ3v) is 7.19. The summed E-state index contributed by atoms with van der Waals surface area (Å²) < 4.78 is 0. The Labute approximate surface area is 244 Å². The summed E-state index contributed by atoms with van der Waals surface area (Å²) >= 11 is 12.2. The van der Waals surface area contributed by atoms with Crippen LogP contribution in [0.5, 0.6) is 0 Å². The predicted octanol–water partition coefficient (Wildman–Crippen LogP) is 10.3. The van der Waals surface area contributed by atoms with Gasteiger partial charge in [0.1, 0.15) is 0 Å². The van der Waals surface area contributed by atoms with Crippen LogP contribution >= 0.6 is 23.2 Å². The molecule has 0 bridgehead atoms. The number of hydrogen-bond acceptors (Lipinski definition) is 0. The average molecular weight is 550 g/mol. The Balaban J connectivity index is 1.65. The lowest BCUT2D eigenvalue weighted by atomic mass is 9.86. The van der Waals surface area contributed by atoms with E-state index >= 15 is 0 Å². The molecule has 0 atom stereocenters. The zero-order chi connectivity index (χ0) is 27.3. The lowest BCUT2D eigenvalue weighted by Crippen LogP contribution is -1.94. The van der Waals surface area contributed by atoms with Gasteiger partial charge in [-0.05, 0) is 82.6 Å². The van der Waals surface area contributed by atoms with Crippen LogP contribution in [0, 0.1) is 23.7 Å². The van der Waals surface area contributed by atoms with E-state index in [1.54, 1.807) is 0 Å². The average Bonchev–Trinajstić information content (AvgIpc) is 3.00. The first-order chi connectivity index (χ1) is 19.7. The van der Waals surface area contributed by atoms with E-state index < -0.39 is 0 Å². The molecule has 40 heavy (non-hydrogen) atoms. The fourth-order valence-electron chi connectivity index (χ4n) is 4.78. The van der Waals surface area contributed by atoms with Crippen molar-refractivity contribution in [2.24, 2.45) is 0 Å². The van der Waals surface area contributed by atoms with E-state index in [1.807, 2.05) is 60.7 Å². The minimum atomic E-state index is 0.695. The maximum atomic E-state index is 6.10. The van der Waals surface area contributed by atoms with Gasteiger partial charge in [-0.1, -0.05) is 120 Å². The van der Waals surface area contributed by atoms with E-state index in [-0.39, 0.29) is 0 Å². The van der Waals surface area contributed by atoms with Crippen LogP contribution in [0.2, 0.25) is 10.0 Å². The molecule has 0 saturated heterocycles. The Morgan fingerprint density at radius 3 is 1.18 bits per heavy atom. The molecule has 0 aromatic heterocycles. The SMILES string of the molecule is Clc1ccc(C#Cc2ccc3ccc(C#Cc4ccc(Cl)cc4)c(-c4ccccc4)c3c2-c2ccccc2)cc1. The van der Waals surface area contributed by atoms with Crippen LogP contribution in [-0.4, -0.2) is 0 Å². The summed E-state index contributed by atoms with van der Waals surface area (Å²) in [5.74, 6) is 13.6. The topological polar surface area (TPSA) is 0 Å². The Morgan fingerprint density at radius 2 is 0.775 bits per heavy atom. The largest absolute Gasteiger partial charge is 0.0843 e. The first-order valence-corrected chi connectivity index (χ1v) is 13.7. The van der Waals surface area contributed by atoms with Crippen LogP contribution in [0.25, 0.3) is 33.0 Å². The van der Waals surface area contributed by atoms with Crippen molar-refractivity contribution in [3.63, 3.8) is 0 Å². The quantitative estimate of drug-likeness (QED) is 0.189. The normalized spacial score (nSPS) is 10.3. The number of hydrogen-bond donors (Lipinski definition) is 0. The molecule has 0 aliphatic rings. The van der Waals surface area contributed by atoms with Gasteiger partial charge in [-0.25, -0.2) is 0 Å². The number of rotatable bonds is 2. The molecule has 0 spiro atoms. The van der Waals surface area contributed by atoms with Crippen molar-refractivity contribution in [2.75, 3.05) is 0 Å². The Hall–Kier alpha value is -4.72. The first-order valence-electron chi connectivity index (χ1n) is 12.9. The lowest BCUT2D eigenvalue weighted by molar-refractivity contribution is 1.58. The minimum Gasteiger partial charge on any atom is -0.0843 e. The molecule has 0 aliphatic heterocycles. The molecular formula is C38H22Cl2. The van der Waals surface area contributed by atoms with E-state index in [0.717, 1.165) is 55.3 Å².